The number of imidazole rings is 1. The number of aryl methyl sites for hydroxylation is 1. The van der Waals surface area contributed by atoms with Crippen LogP contribution in [0.1, 0.15) is 64.9 Å². The minimum absolute atomic E-state index is 0.202. The molecular weight excluding hydrogens is 428 g/mol. The van der Waals surface area contributed by atoms with Crippen molar-refractivity contribution in [2.75, 3.05) is 25.5 Å². The van der Waals surface area contributed by atoms with E-state index in [0.29, 0.717) is 34.6 Å². The Morgan fingerprint density at radius 3 is 2.65 bits per heavy atom. The fraction of sp³-hybridized carbons (Fsp3) is 0.385. The minimum Gasteiger partial charge on any atom is -0.360 e. The number of hydrogen-bond donors (Lipinski definition) is 1. The Morgan fingerprint density at radius 2 is 1.85 bits per heavy atom. The summed E-state index contributed by atoms with van der Waals surface area (Å²) in [4.78, 5) is 24.6. The molecule has 0 bridgehead atoms. The quantitative estimate of drug-likeness (QED) is 0.471. The Hall–Kier alpha value is -3.52. The first-order valence-electron chi connectivity index (χ1n) is 12.0. The SMILES string of the molecule is Cc1cnc(-c2cc(C3CC3)on2)cc1NC(=O)c1cnc2ccc(C3CCN(C)CC3)cn12. The number of anilines is 1. The molecule has 34 heavy (non-hydrogen) atoms. The number of hydrogen-bond acceptors (Lipinski definition) is 6. The second kappa shape index (κ2) is 8.36. The third kappa shape index (κ3) is 3.98. The summed E-state index contributed by atoms with van der Waals surface area (Å²) < 4.78 is 7.38. The first kappa shape index (κ1) is 21.0. The van der Waals surface area contributed by atoms with Crippen LogP contribution in [0.2, 0.25) is 0 Å². The van der Waals surface area contributed by atoms with Crippen molar-refractivity contribution in [1.82, 2.24) is 24.4 Å². The van der Waals surface area contributed by atoms with Gasteiger partial charge in [0.2, 0.25) is 0 Å². The van der Waals surface area contributed by atoms with Crippen molar-refractivity contribution in [2.24, 2.45) is 0 Å². The second-order valence-corrected chi connectivity index (χ2v) is 9.64. The number of aromatic nitrogens is 4. The van der Waals surface area contributed by atoms with Gasteiger partial charge in [-0.1, -0.05) is 11.2 Å². The Bertz CT molecular complexity index is 1360. The predicted octanol–water partition coefficient (Wildman–Crippen LogP) is 4.63. The molecule has 1 N–H and O–H groups in total. The van der Waals surface area contributed by atoms with E-state index >= 15 is 0 Å². The lowest BCUT2D eigenvalue weighted by Crippen LogP contribution is -2.29. The molecule has 4 aromatic rings. The zero-order chi connectivity index (χ0) is 23.2. The zero-order valence-electron chi connectivity index (χ0n) is 19.5. The fourth-order valence-electron chi connectivity index (χ4n) is 4.70. The monoisotopic (exact) mass is 456 g/mol. The smallest absolute Gasteiger partial charge is 0.274 e. The Kier molecular flexibility index (Phi) is 5.17. The van der Waals surface area contributed by atoms with Gasteiger partial charge in [-0.25, -0.2) is 4.98 Å². The van der Waals surface area contributed by atoms with Crippen molar-refractivity contribution < 1.29 is 9.32 Å². The lowest BCUT2D eigenvalue weighted by atomic mass is 9.91. The lowest BCUT2D eigenvalue weighted by molar-refractivity contribution is 0.102. The molecule has 1 saturated heterocycles. The summed E-state index contributed by atoms with van der Waals surface area (Å²) in [6.45, 7) is 4.12. The van der Waals surface area contributed by atoms with Crippen molar-refractivity contribution in [3.05, 3.63) is 65.4 Å². The van der Waals surface area contributed by atoms with E-state index in [4.69, 9.17) is 4.52 Å². The van der Waals surface area contributed by atoms with E-state index < -0.39 is 0 Å². The van der Waals surface area contributed by atoms with Crippen molar-refractivity contribution in [3.8, 4) is 11.4 Å². The Labute approximate surface area is 198 Å². The van der Waals surface area contributed by atoms with Gasteiger partial charge in [-0.3, -0.25) is 14.2 Å². The van der Waals surface area contributed by atoms with Crippen LogP contribution >= 0.6 is 0 Å². The first-order valence-corrected chi connectivity index (χ1v) is 12.0. The van der Waals surface area contributed by atoms with E-state index in [9.17, 15) is 4.79 Å². The summed E-state index contributed by atoms with van der Waals surface area (Å²) in [5.41, 5.74) is 5.49. The van der Waals surface area contributed by atoms with E-state index in [1.165, 1.54) is 5.56 Å². The molecule has 174 valence electrons. The van der Waals surface area contributed by atoms with E-state index in [1.807, 2.05) is 29.5 Å². The largest absolute Gasteiger partial charge is 0.360 e. The van der Waals surface area contributed by atoms with Crippen molar-refractivity contribution in [3.63, 3.8) is 0 Å². The van der Waals surface area contributed by atoms with Crippen LogP contribution in [0.15, 0.2) is 47.4 Å². The first-order chi connectivity index (χ1) is 16.5. The maximum Gasteiger partial charge on any atom is 0.274 e. The normalized spacial score (nSPS) is 17.4. The van der Waals surface area contributed by atoms with E-state index in [1.54, 1.807) is 12.4 Å². The Morgan fingerprint density at radius 1 is 1.03 bits per heavy atom. The molecule has 1 aliphatic heterocycles. The van der Waals surface area contributed by atoms with Crippen LogP contribution in [-0.2, 0) is 0 Å². The molecule has 5 heterocycles. The third-order valence-corrected chi connectivity index (χ3v) is 7.07. The predicted molar refractivity (Wildman–Crippen MR) is 129 cm³/mol. The van der Waals surface area contributed by atoms with E-state index in [-0.39, 0.29) is 5.91 Å². The highest BCUT2D eigenvalue weighted by Crippen LogP contribution is 2.41. The van der Waals surface area contributed by atoms with Gasteiger partial charge in [-0.2, -0.15) is 0 Å². The lowest BCUT2D eigenvalue weighted by Gasteiger charge is -2.29. The molecule has 2 aliphatic rings. The molecule has 8 heteroatoms. The number of carbonyl (C=O) groups excluding carboxylic acids is 1. The molecule has 1 saturated carbocycles. The summed E-state index contributed by atoms with van der Waals surface area (Å²) in [7, 11) is 2.17. The number of nitrogens with zero attached hydrogens (tertiary/aromatic N) is 5. The van der Waals surface area contributed by atoms with Crippen molar-refractivity contribution in [2.45, 2.75) is 44.4 Å². The highest BCUT2D eigenvalue weighted by molar-refractivity contribution is 6.04. The van der Waals surface area contributed by atoms with Gasteiger partial charge in [0, 0.05) is 30.1 Å². The van der Waals surface area contributed by atoms with Gasteiger partial charge in [-0.15, -0.1) is 0 Å². The highest BCUT2D eigenvalue weighted by Gasteiger charge is 2.28. The molecule has 8 nitrogen and oxygen atoms in total. The summed E-state index contributed by atoms with van der Waals surface area (Å²) in [5.74, 6) is 1.70. The average molecular weight is 457 g/mol. The molecular formula is C26H28N6O2. The standard InChI is InChI=1S/C26H28N6O2/c1-16-13-27-21(22-12-24(34-30-22)18-3-4-18)11-20(16)29-26(33)23-14-28-25-6-5-19(15-32(23)25)17-7-9-31(2)10-8-17/h5-6,11-15,17-18H,3-4,7-10H2,1-2H3,(H,27,29,33). The van der Waals surface area contributed by atoms with Gasteiger partial charge in [0.15, 0.2) is 0 Å². The summed E-state index contributed by atoms with van der Waals surface area (Å²) in [6.07, 6.45) is 10.0. The van der Waals surface area contributed by atoms with Gasteiger partial charge >= 0.3 is 0 Å². The second-order valence-electron chi connectivity index (χ2n) is 9.64. The molecule has 0 aromatic carbocycles. The van der Waals surface area contributed by atoms with Gasteiger partial charge in [0.1, 0.15) is 22.8 Å². The van der Waals surface area contributed by atoms with Crippen molar-refractivity contribution in [1.29, 1.82) is 0 Å². The number of fused-ring (bicyclic) bond motifs is 1. The molecule has 2 fully saturated rings. The molecule has 0 radical (unpaired) electrons. The molecule has 1 aliphatic carbocycles. The number of nitrogens with one attached hydrogen (secondary N) is 1. The van der Waals surface area contributed by atoms with Gasteiger partial charge in [0.05, 0.1) is 11.9 Å². The van der Waals surface area contributed by atoms with Crippen molar-refractivity contribution >= 4 is 17.2 Å². The maximum atomic E-state index is 13.3. The molecule has 1 amide bonds. The summed E-state index contributed by atoms with van der Waals surface area (Å²) in [5, 5.41) is 7.24. The average Bonchev–Trinajstić information content (AvgIpc) is 3.42. The maximum absolute atomic E-state index is 13.3. The summed E-state index contributed by atoms with van der Waals surface area (Å²) in [6, 6.07) is 7.96. The topological polar surface area (TPSA) is 88.6 Å². The highest BCUT2D eigenvalue weighted by atomic mass is 16.5. The van der Waals surface area contributed by atoms with Gasteiger partial charge < -0.3 is 14.7 Å². The fourth-order valence-corrected chi connectivity index (χ4v) is 4.70. The van der Waals surface area contributed by atoms with Crippen LogP contribution in [-0.4, -0.2) is 50.5 Å². The number of carbonyl (C=O) groups is 1. The van der Waals surface area contributed by atoms with Crippen LogP contribution < -0.4 is 5.32 Å². The Balaban J connectivity index is 1.26. The summed E-state index contributed by atoms with van der Waals surface area (Å²) >= 11 is 0. The van der Waals surface area contributed by atoms with Gasteiger partial charge in [-0.05, 0) is 81.9 Å². The number of likely N-dealkylation sites (tertiary alicyclic amines) is 1. The van der Waals surface area contributed by atoms with E-state index in [2.05, 4.69) is 44.7 Å². The number of pyridine rings is 2. The van der Waals surface area contributed by atoms with Crippen LogP contribution in [0, 0.1) is 6.92 Å². The van der Waals surface area contributed by atoms with Crippen LogP contribution in [0.4, 0.5) is 5.69 Å². The third-order valence-electron chi connectivity index (χ3n) is 7.07. The molecule has 0 unspecified atom stereocenters. The molecule has 4 aromatic heterocycles. The zero-order valence-corrected chi connectivity index (χ0v) is 19.5. The van der Waals surface area contributed by atoms with Crippen LogP contribution in [0.5, 0.6) is 0 Å². The van der Waals surface area contributed by atoms with E-state index in [0.717, 1.165) is 55.7 Å². The molecule has 0 atom stereocenters. The number of amides is 1. The van der Waals surface area contributed by atoms with Gasteiger partial charge in [0.25, 0.3) is 5.91 Å². The number of rotatable bonds is 5. The molecule has 6 rings (SSSR count). The van der Waals surface area contributed by atoms with Crippen LogP contribution in [0.3, 0.4) is 0 Å². The molecule has 0 spiro atoms. The van der Waals surface area contributed by atoms with Crippen LogP contribution in [0.25, 0.3) is 17.0 Å². The number of piperidine rings is 1. The minimum atomic E-state index is -0.202.